The van der Waals surface area contributed by atoms with Crippen LogP contribution in [0.1, 0.15) is 49.4 Å². The Hall–Kier alpha value is -3.14. The summed E-state index contributed by atoms with van der Waals surface area (Å²) in [5, 5.41) is 12.5. The number of aromatic nitrogens is 1. The number of ketones is 1. The van der Waals surface area contributed by atoms with Crippen LogP contribution in [0.25, 0.3) is 10.9 Å². The molecule has 1 saturated carbocycles. The van der Waals surface area contributed by atoms with Gasteiger partial charge in [-0.2, -0.15) is 5.26 Å². The van der Waals surface area contributed by atoms with E-state index in [2.05, 4.69) is 11.4 Å². The molecule has 1 aliphatic heterocycles. The van der Waals surface area contributed by atoms with Crippen molar-refractivity contribution in [2.45, 2.75) is 51.1 Å². The number of hydrogen-bond donors (Lipinski definition) is 1. The largest absolute Gasteiger partial charge is 0.346 e. The summed E-state index contributed by atoms with van der Waals surface area (Å²) in [7, 11) is 0. The highest BCUT2D eigenvalue weighted by atomic mass is 16.2. The number of amides is 3. The second-order valence-corrected chi connectivity index (χ2v) is 8.02. The fourth-order valence-electron chi connectivity index (χ4n) is 4.69. The molecule has 1 N–H and O–H groups in total. The van der Waals surface area contributed by atoms with E-state index in [1.165, 1.54) is 0 Å². The Kier molecular flexibility index (Phi) is 4.87. The molecule has 1 aromatic carbocycles. The van der Waals surface area contributed by atoms with E-state index in [1.807, 2.05) is 35.8 Å². The van der Waals surface area contributed by atoms with Crippen molar-refractivity contribution in [3.8, 4) is 6.07 Å². The molecule has 2 fully saturated rings. The molecule has 1 spiro atoms. The van der Waals surface area contributed by atoms with Crippen LogP contribution in [0.3, 0.4) is 0 Å². The Morgan fingerprint density at radius 2 is 2.10 bits per heavy atom. The van der Waals surface area contributed by atoms with E-state index in [4.69, 9.17) is 5.26 Å². The van der Waals surface area contributed by atoms with Crippen LogP contribution in [0.4, 0.5) is 4.79 Å². The molecular weight excluding hydrogens is 368 g/mol. The first-order chi connectivity index (χ1) is 14.0. The van der Waals surface area contributed by atoms with E-state index in [1.54, 1.807) is 6.20 Å². The van der Waals surface area contributed by atoms with E-state index < -0.39 is 11.6 Å². The van der Waals surface area contributed by atoms with E-state index in [9.17, 15) is 14.4 Å². The first-order valence-corrected chi connectivity index (χ1v) is 10.1. The van der Waals surface area contributed by atoms with Gasteiger partial charge in [-0.05, 0) is 24.8 Å². The normalized spacial score (nSPS) is 24.1. The highest BCUT2D eigenvalue weighted by molar-refractivity contribution is 6.14. The minimum absolute atomic E-state index is 0.0562. The zero-order chi connectivity index (χ0) is 20.6. The molecule has 2 aliphatic rings. The Labute approximate surface area is 169 Å². The van der Waals surface area contributed by atoms with Crippen molar-refractivity contribution in [3.63, 3.8) is 0 Å². The highest BCUT2D eigenvalue weighted by Crippen LogP contribution is 2.38. The van der Waals surface area contributed by atoms with Gasteiger partial charge in [-0.25, -0.2) is 4.79 Å². The lowest BCUT2D eigenvalue weighted by atomic mass is 9.73. The maximum absolute atomic E-state index is 13.1. The van der Waals surface area contributed by atoms with Gasteiger partial charge in [0.2, 0.25) is 0 Å². The first-order valence-electron chi connectivity index (χ1n) is 10.1. The van der Waals surface area contributed by atoms with E-state index >= 15 is 0 Å². The summed E-state index contributed by atoms with van der Waals surface area (Å²) in [5.41, 5.74) is 0.466. The molecule has 0 unspecified atom stereocenters. The quantitative estimate of drug-likeness (QED) is 0.624. The summed E-state index contributed by atoms with van der Waals surface area (Å²) < 4.78 is 1.88. The predicted molar refractivity (Wildman–Crippen MR) is 107 cm³/mol. The Morgan fingerprint density at radius 3 is 2.86 bits per heavy atom. The van der Waals surface area contributed by atoms with Gasteiger partial charge in [-0.15, -0.1) is 0 Å². The van der Waals surface area contributed by atoms with Crippen molar-refractivity contribution >= 4 is 28.6 Å². The van der Waals surface area contributed by atoms with Gasteiger partial charge in [-0.1, -0.05) is 38.0 Å². The molecule has 1 saturated heterocycles. The number of urea groups is 1. The van der Waals surface area contributed by atoms with Crippen molar-refractivity contribution in [2.24, 2.45) is 5.92 Å². The molecule has 1 aliphatic carbocycles. The Morgan fingerprint density at radius 1 is 1.31 bits per heavy atom. The first kappa shape index (κ1) is 19.2. The third kappa shape index (κ3) is 3.09. The lowest BCUT2D eigenvalue weighted by Gasteiger charge is -2.36. The predicted octanol–water partition coefficient (Wildman–Crippen LogP) is 3.24. The second-order valence-electron chi connectivity index (χ2n) is 8.02. The molecular formula is C22H24N4O3. The number of carbonyl (C=O) groups is 3. The van der Waals surface area contributed by atoms with Crippen LogP contribution in [0.15, 0.2) is 30.5 Å². The number of imide groups is 1. The van der Waals surface area contributed by atoms with Crippen molar-refractivity contribution in [3.05, 3.63) is 36.0 Å². The average molecular weight is 392 g/mol. The number of nitrogens with zero attached hydrogens (tertiary/aromatic N) is 3. The minimum Gasteiger partial charge on any atom is -0.346 e. The van der Waals surface area contributed by atoms with E-state index in [0.29, 0.717) is 24.9 Å². The molecule has 0 bridgehead atoms. The van der Waals surface area contributed by atoms with Crippen LogP contribution in [-0.4, -0.2) is 39.3 Å². The summed E-state index contributed by atoms with van der Waals surface area (Å²) in [6.07, 6.45) is 5.51. The number of aryl methyl sites for hydroxylation is 1. The number of benzene rings is 1. The summed E-state index contributed by atoms with van der Waals surface area (Å²) in [4.78, 5) is 39.9. The van der Waals surface area contributed by atoms with Crippen molar-refractivity contribution < 1.29 is 14.4 Å². The molecule has 150 valence electrons. The van der Waals surface area contributed by atoms with Crippen molar-refractivity contribution in [2.75, 3.05) is 6.54 Å². The average Bonchev–Trinajstić information content (AvgIpc) is 3.20. The molecule has 0 radical (unpaired) electrons. The van der Waals surface area contributed by atoms with Gasteiger partial charge < -0.3 is 9.88 Å². The van der Waals surface area contributed by atoms with Gasteiger partial charge in [0, 0.05) is 29.2 Å². The minimum atomic E-state index is -0.865. The van der Waals surface area contributed by atoms with Gasteiger partial charge in [-0.3, -0.25) is 14.5 Å². The monoisotopic (exact) mass is 392 g/mol. The fraction of sp³-hybridized carbons (Fsp3) is 0.455. The van der Waals surface area contributed by atoms with E-state index in [-0.39, 0.29) is 24.2 Å². The fourth-order valence-corrected chi connectivity index (χ4v) is 4.69. The third-order valence-corrected chi connectivity index (χ3v) is 6.36. The van der Waals surface area contributed by atoms with Crippen molar-refractivity contribution in [1.29, 1.82) is 5.26 Å². The zero-order valence-electron chi connectivity index (χ0n) is 16.5. The number of carbonyl (C=O) groups excluding carboxylic acids is 3. The molecule has 7 heteroatoms. The van der Waals surface area contributed by atoms with Crippen LogP contribution in [-0.2, 0) is 11.3 Å². The number of rotatable bonds is 5. The second kappa shape index (κ2) is 7.36. The number of nitriles is 1. The van der Waals surface area contributed by atoms with Crippen LogP contribution in [0, 0.1) is 17.2 Å². The summed E-state index contributed by atoms with van der Waals surface area (Å²) >= 11 is 0. The van der Waals surface area contributed by atoms with Crippen molar-refractivity contribution in [1.82, 2.24) is 14.8 Å². The molecule has 2 atom stereocenters. The SMILES string of the molecule is C[C@H]1CCCC[C@@]12NC(=O)N(CC(=O)c1cn(CCC#N)c3ccccc13)C2=O. The molecule has 4 rings (SSSR count). The summed E-state index contributed by atoms with van der Waals surface area (Å²) in [6, 6.07) is 9.11. The van der Waals surface area contributed by atoms with Gasteiger partial charge in [0.05, 0.1) is 19.0 Å². The smallest absolute Gasteiger partial charge is 0.325 e. The van der Waals surface area contributed by atoms with Crippen LogP contribution in [0.5, 0.6) is 0 Å². The zero-order valence-corrected chi connectivity index (χ0v) is 16.5. The topological polar surface area (TPSA) is 95.2 Å². The molecule has 29 heavy (non-hydrogen) atoms. The van der Waals surface area contributed by atoms with Gasteiger partial charge >= 0.3 is 6.03 Å². The lowest BCUT2D eigenvalue weighted by molar-refractivity contribution is -0.133. The number of Topliss-reactive ketones (excluding diaryl/α,β-unsaturated/α-hetero) is 1. The van der Waals surface area contributed by atoms with Gasteiger partial charge in [0.25, 0.3) is 5.91 Å². The molecule has 3 amide bonds. The lowest BCUT2D eigenvalue weighted by Crippen LogP contribution is -2.54. The van der Waals surface area contributed by atoms with Crippen LogP contribution < -0.4 is 5.32 Å². The molecule has 2 heterocycles. The molecule has 7 nitrogen and oxygen atoms in total. The van der Waals surface area contributed by atoms with Gasteiger partial charge in [0.1, 0.15) is 5.54 Å². The Balaban J connectivity index is 1.61. The molecule has 1 aromatic heterocycles. The number of para-hydroxylation sites is 1. The number of nitrogens with one attached hydrogen (secondary N) is 1. The number of hydrogen-bond acceptors (Lipinski definition) is 4. The maximum atomic E-state index is 13.1. The van der Waals surface area contributed by atoms with Crippen LogP contribution >= 0.6 is 0 Å². The molecule has 2 aromatic rings. The summed E-state index contributed by atoms with van der Waals surface area (Å²) in [6.45, 7) is 2.20. The highest BCUT2D eigenvalue weighted by Gasteiger charge is 2.55. The maximum Gasteiger partial charge on any atom is 0.325 e. The Bertz CT molecular complexity index is 1030. The third-order valence-electron chi connectivity index (χ3n) is 6.36. The van der Waals surface area contributed by atoms with Crippen LogP contribution in [0.2, 0.25) is 0 Å². The summed E-state index contributed by atoms with van der Waals surface area (Å²) in [5.74, 6) is -0.502. The van der Waals surface area contributed by atoms with Gasteiger partial charge in [0.15, 0.2) is 5.78 Å². The number of fused-ring (bicyclic) bond motifs is 1. The van der Waals surface area contributed by atoms with E-state index in [0.717, 1.165) is 35.1 Å². The standard InChI is InChI=1S/C22H24N4O3/c1-15-7-4-5-10-22(15)20(28)26(21(29)24-22)14-19(27)17-13-25(12-6-11-23)18-9-3-2-8-16(17)18/h2-3,8-9,13,15H,4-7,10,12,14H2,1H3,(H,24,29)/t15-,22+/m0/s1.